The quantitative estimate of drug-likeness (QED) is 0.130. The van der Waals surface area contributed by atoms with Crippen molar-refractivity contribution in [2.75, 3.05) is 14.2 Å². The zero-order valence-electron chi connectivity index (χ0n) is 18.7. The van der Waals surface area contributed by atoms with Gasteiger partial charge in [0.1, 0.15) is 0 Å². The molecule has 0 unspecified atom stereocenters. The van der Waals surface area contributed by atoms with E-state index in [1.54, 1.807) is 14.2 Å². The van der Waals surface area contributed by atoms with Crippen LogP contribution >= 0.6 is 40.5 Å². The van der Waals surface area contributed by atoms with Crippen LogP contribution in [0.1, 0.15) is 0 Å². The molecule has 176 valence electrons. The van der Waals surface area contributed by atoms with Crippen molar-refractivity contribution in [1.82, 2.24) is 0 Å². The summed E-state index contributed by atoms with van der Waals surface area (Å²) in [6.45, 7) is 0. The molecular formula is C26H24BFI2O4. The average Bonchev–Trinajstić information content (AvgIpc) is 2.91. The number of hydrogen-bond acceptors (Lipinski definition) is 4. The van der Waals surface area contributed by atoms with Gasteiger partial charge >= 0.3 is 217 Å². The van der Waals surface area contributed by atoms with E-state index in [1.165, 1.54) is 0 Å². The summed E-state index contributed by atoms with van der Waals surface area (Å²) < 4.78 is 42.1. The molecule has 4 aromatic rings. The fourth-order valence-electron chi connectivity index (χ4n) is 3.04. The van der Waals surface area contributed by atoms with Gasteiger partial charge in [-0.3, -0.25) is 0 Å². The third-order valence-corrected chi connectivity index (χ3v) is 13.9. The molecule has 0 heterocycles. The first kappa shape index (κ1) is 25.0. The molecule has 0 aliphatic carbocycles. The number of hydrogen-bond donors (Lipinski definition) is 0. The molecule has 0 fully saturated rings. The van der Waals surface area contributed by atoms with Gasteiger partial charge in [0, 0.05) is 0 Å². The van der Waals surface area contributed by atoms with Crippen molar-refractivity contribution in [2.45, 2.75) is 0 Å². The maximum atomic E-state index is 15.5. The Balaban J connectivity index is 1.60. The summed E-state index contributed by atoms with van der Waals surface area (Å²) >= 11 is -5.14. The van der Waals surface area contributed by atoms with Crippen LogP contribution in [-0.2, 0) is 5.97 Å². The molecule has 0 saturated heterocycles. The summed E-state index contributed by atoms with van der Waals surface area (Å²) in [5, 5.41) is 0. The average molecular weight is 684 g/mol. The molecular weight excluding hydrogens is 660 g/mol. The molecule has 0 aromatic heterocycles. The van der Waals surface area contributed by atoms with Crippen molar-refractivity contribution in [2.24, 2.45) is 0 Å². The summed E-state index contributed by atoms with van der Waals surface area (Å²) in [5.41, 5.74) is 0. The molecule has 0 N–H and O–H groups in total. The Morgan fingerprint density at radius 3 is 1.15 bits per heavy atom. The van der Waals surface area contributed by atoms with Gasteiger partial charge in [-0.15, -0.1) is 0 Å². The zero-order chi connectivity index (χ0) is 23.8. The van der Waals surface area contributed by atoms with Crippen LogP contribution in [-0.4, -0.2) is 21.6 Å². The van der Waals surface area contributed by atoms with Gasteiger partial charge in [0.2, 0.25) is 0 Å². The van der Waals surface area contributed by atoms with Crippen LogP contribution in [0.15, 0.2) is 109 Å². The molecule has 0 aliphatic heterocycles. The van der Waals surface area contributed by atoms with E-state index in [-0.39, 0.29) is 0 Å². The number of ether oxygens (including phenoxy) is 2. The van der Waals surface area contributed by atoms with Crippen LogP contribution in [0.25, 0.3) is 0 Å². The van der Waals surface area contributed by atoms with E-state index in [0.717, 1.165) is 25.8 Å². The number of rotatable bonds is 10. The summed E-state index contributed by atoms with van der Waals surface area (Å²) in [4.78, 5) is 0. The SMILES string of the molecule is COc1ccc(I(OB(F)OI(c2ccccc2)c2ccc(OC)cc2)c2ccccc2)cc1. The maximum absolute atomic E-state index is 15.5. The number of halogens is 3. The van der Waals surface area contributed by atoms with Gasteiger partial charge < -0.3 is 0 Å². The van der Waals surface area contributed by atoms with Crippen molar-refractivity contribution in [3.8, 4) is 11.5 Å². The topological polar surface area (TPSA) is 36.9 Å². The molecule has 0 radical (unpaired) electrons. The van der Waals surface area contributed by atoms with Gasteiger partial charge in [-0.2, -0.15) is 0 Å². The minimum atomic E-state index is -2.57. The molecule has 4 aromatic carbocycles. The van der Waals surface area contributed by atoms with E-state index in [4.69, 9.17) is 15.4 Å². The van der Waals surface area contributed by atoms with Crippen molar-refractivity contribution in [1.29, 1.82) is 0 Å². The fourth-order valence-corrected chi connectivity index (χ4v) is 11.2. The summed E-state index contributed by atoms with van der Waals surface area (Å²) in [6.07, 6.45) is 0. The normalized spacial score (nSPS) is 11.5. The summed E-state index contributed by atoms with van der Waals surface area (Å²) in [5.74, 6) is 1.50. The van der Waals surface area contributed by atoms with Gasteiger partial charge in [-0.25, -0.2) is 0 Å². The van der Waals surface area contributed by atoms with Crippen LogP contribution in [0.5, 0.6) is 11.5 Å². The van der Waals surface area contributed by atoms with Crippen LogP contribution in [0.4, 0.5) is 4.32 Å². The Kier molecular flexibility index (Phi) is 9.20. The van der Waals surface area contributed by atoms with Crippen molar-refractivity contribution >= 4 is 47.9 Å². The molecule has 0 amide bonds. The van der Waals surface area contributed by atoms with Gasteiger partial charge in [0.05, 0.1) is 0 Å². The summed E-state index contributed by atoms with van der Waals surface area (Å²) in [6, 6.07) is 34.9. The second kappa shape index (κ2) is 12.5. The molecule has 0 bridgehead atoms. The molecule has 0 aliphatic rings. The molecule has 8 heteroatoms. The third kappa shape index (κ3) is 6.50. The Hall–Kier alpha value is -2.15. The zero-order valence-corrected chi connectivity index (χ0v) is 23.1. The molecule has 0 atom stereocenters. The van der Waals surface area contributed by atoms with Gasteiger partial charge in [-0.1, -0.05) is 0 Å². The second-order valence-corrected chi connectivity index (χ2v) is 15.7. The molecule has 34 heavy (non-hydrogen) atoms. The third-order valence-electron chi connectivity index (χ3n) is 4.68. The van der Waals surface area contributed by atoms with E-state index in [9.17, 15) is 0 Å². The van der Waals surface area contributed by atoms with Crippen LogP contribution in [0.3, 0.4) is 0 Å². The van der Waals surface area contributed by atoms with Crippen molar-refractivity contribution < 1.29 is 19.8 Å². The van der Waals surface area contributed by atoms with Crippen LogP contribution in [0, 0.1) is 14.3 Å². The van der Waals surface area contributed by atoms with E-state index < -0.39 is 47.9 Å². The molecule has 4 rings (SSSR count). The Bertz CT molecular complexity index is 1060. The van der Waals surface area contributed by atoms with Gasteiger partial charge in [0.25, 0.3) is 0 Å². The number of methoxy groups -OCH3 is 2. The molecule has 0 spiro atoms. The minimum absolute atomic E-state index is 0.748. The standard InChI is InChI=1S/C26H24BFI2O4/c1-31-25-17-13-23(14-18-25)29(21-9-5-3-6-10-21)33-27(28)34-30(22-11-7-4-8-12-22)24-15-19-26(32-2)20-16-24/h3-20H,1-2H3. The molecule has 0 saturated carbocycles. The van der Waals surface area contributed by atoms with Gasteiger partial charge in [-0.05, 0) is 0 Å². The Labute approximate surface area is 215 Å². The Morgan fingerprint density at radius 2 is 0.824 bits per heavy atom. The van der Waals surface area contributed by atoms with E-state index >= 15 is 4.32 Å². The molecule has 4 nitrogen and oxygen atoms in total. The van der Waals surface area contributed by atoms with Crippen molar-refractivity contribution in [3.63, 3.8) is 0 Å². The van der Waals surface area contributed by atoms with E-state index in [2.05, 4.69) is 0 Å². The first-order valence-corrected chi connectivity index (χ1v) is 16.5. The predicted molar refractivity (Wildman–Crippen MR) is 151 cm³/mol. The van der Waals surface area contributed by atoms with Crippen LogP contribution < -0.4 is 9.47 Å². The second-order valence-electron chi connectivity index (χ2n) is 6.86. The predicted octanol–water partition coefficient (Wildman–Crippen LogP) is 7.31. The van der Waals surface area contributed by atoms with Gasteiger partial charge in [0.15, 0.2) is 0 Å². The first-order valence-electron chi connectivity index (χ1n) is 10.4. The Morgan fingerprint density at radius 1 is 0.500 bits per heavy atom. The van der Waals surface area contributed by atoms with Crippen LogP contribution in [0.2, 0.25) is 0 Å². The monoisotopic (exact) mass is 684 g/mol. The number of benzene rings is 4. The fraction of sp³-hybridized carbons (Fsp3) is 0.0769. The van der Waals surface area contributed by atoms with Crippen molar-refractivity contribution in [3.05, 3.63) is 123 Å². The first-order chi connectivity index (χ1) is 16.7. The van der Waals surface area contributed by atoms with E-state index in [0.29, 0.717) is 0 Å². The summed E-state index contributed by atoms with van der Waals surface area (Å²) in [7, 11) is 1.40. The van der Waals surface area contributed by atoms with E-state index in [1.807, 2.05) is 109 Å².